The Labute approximate surface area is 199 Å². The second-order valence-electron chi connectivity index (χ2n) is 14.2. The molecule has 8 aliphatic rings. The van der Waals surface area contributed by atoms with Gasteiger partial charge in [-0.15, -0.1) is 0 Å². The van der Waals surface area contributed by atoms with Crippen molar-refractivity contribution in [2.45, 2.75) is 104 Å². The van der Waals surface area contributed by atoms with Gasteiger partial charge in [0.2, 0.25) is 0 Å². The van der Waals surface area contributed by atoms with E-state index in [9.17, 15) is 9.59 Å². The van der Waals surface area contributed by atoms with Gasteiger partial charge in [0.15, 0.2) is 5.41 Å². The lowest BCUT2D eigenvalue weighted by Gasteiger charge is -2.57. The maximum Gasteiger partial charge on any atom is 0.322 e. The highest BCUT2D eigenvalue weighted by molar-refractivity contribution is 5.99. The molecule has 8 aliphatic carbocycles. The number of ether oxygens (including phenoxy) is 2. The molecule has 33 heavy (non-hydrogen) atoms. The molecule has 0 unspecified atom stereocenters. The van der Waals surface area contributed by atoms with E-state index in [-0.39, 0.29) is 0 Å². The molecule has 4 heteroatoms. The zero-order chi connectivity index (χ0) is 22.8. The molecule has 8 fully saturated rings. The van der Waals surface area contributed by atoms with E-state index in [4.69, 9.17) is 9.47 Å². The van der Waals surface area contributed by atoms with Crippen molar-refractivity contribution in [2.24, 2.45) is 51.8 Å². The molecule has 8 saturated carbocycles. The first kappa shape index (κ1) is 22.4. The summed E-state index contributed by atoms with van der Waals surface area (Å²) in [5.74, 6) is 4.64. The Morgan fingerprint density at radius 3 is 1.15 bits per heavy atom. The van der Waals surface area contributed by atoms with Crippen LogP contribution in [0.1, 0.15) is 104 Å². The van der Waals surface area contributed by atoms with Crippen LogP contribution in [0.2, 0.25) is 0 Å². The van der Waals surface area contributed by atoms with Crippen molar-refractivity contribution in [3.63, 3.8) is 0 Å². The molecule has 8 rings (SSSR count). The smallest absolute Gasteiger partial charge is 0.322 e. The molecule has 8 bridgehead atoms. The van der Waals surface area contributed by atoms with E-state index in [0.717, 1.165) is 48.3 Å². The van der Waals surface area contributed by atoms with Gasteiger partial charge in [0, 0.05) is 0 Å². The van der Waals surface area contributed by atoms with Crippen molar-refractivity contribution in [3.05, 3.63) is 0 Å². The van der Waals surface area contributed by atoms with Crippen molar-refractivity contribution in [3.8, 4) is 0 Å². The SMILES string of the molecule is CC(C)(C(=O)OCCC12CC3CC(CC(C3)C1)C2)C(=O)OCCC12CC3CC(CC(C3)C1)C2. The van der Waals surface area contributed by atoms with Gasteiger partial charge in [0.05, 0.1) is 13.2 Å². The fourth-order valence-electron chi connectivity index (χ4n) is 10.4. The summed E-state index contributed by atoms with van der Waals surface area (Å²) in [6, 6.07) is 0. The molecule has 0 N–H and O–H groups in total. The zero-order valence-corrected chi connectivity index (χ0v) is 20.9. The Balaban J connectivity index is 0.967. The highest BCUT2D eigenvalue weighted by Gasteiger charge is 2.52. The van der Waals surface area contributed by atoms with Gasteiger partial charge in [0.1, 0.15) is 0 Å². The molecule has 0 atom stereocenters. The Hall–Kier alpha value is -1.06. The van der Waals surface area contributed by atoms with Crippen molar-refractivity contribution in [1.82, 2.24) is 0 Å². The minimum atomic E-state index is -1.22. The molecule has 0 aliphatic heterocycles. The third-order valence-corrected chi connectivity index (χ3v) is 11.1. The van der Waals surface area contributed by atoms with Crippen molar-refractivity contribution >= 4 is 11.9 Å². The standard InChI is InChI=1S/C29H44O4/c1-27(2,25(30)32-5-3-28-13-19-7-20(14-28)9-21(8-19)15-28)26(31)33-6-4-29-16-22-10-23(17-29)12-24(11-22)18-29/h19-24H,3-18H2,1-2H3. The Kier molecular flexibility index (Phi) is 5.42. The van der Waals surface area contributed by atoms with Crippen LogP contribution in [0.25, 0.3) is 0 Å². The average Bonchev–Trinajstić information content (AvgIpc) is 2.71. The number of carbonyl (C=O) groups excluding carboxylic acids is 2. The molecular formula is C29H44O4. The molecule has 0 spiro atoms. The quantitative estimate of drug-likeness (QED) is 0.317. The minimum Gasteiger partial charge on any atom is -0.465 e. The molecule has 0 aromatic rings. The van der Waals surface area contributed by atoms with Crippen LogP contribution in [0, 0.1) is 51.8 Å². The first-order chi connectivity index (χ1) is 15.7. The number of hydrogen-bond acceptors (Lipinski definition) is 4. The first-order valence-corrected chi connectivity index (χ1v) is 14.1. The van der Waals surface area contributed by atoms with Gasteiger partial charge >= 0.3 is 11.9 Å². The van der Waals surface area contributed by atoms with Crippen LogP contribution in [0.4, 0.5) is 0 Å². The second-order valence-corrected chi connectivity index (χ2v) is 14.2. The first-order valence-electron chi connectivity index (χ1n) is 14.1. The molecular weight excluding hydrogens is 412 g/mol. The second kappa shape index (κ2) is 7.98. The molecule has 0 amide bonds. The Morgan fingerprint density at radius 2 is 0.879 bits per heavy atom. The summed E-state index contributed by atoms with van der Waals surface area (Å²) < 4.78 is 11.4. The predicted molar refractivity (Wildman–Crippen MR) is 126 cm³/mol. The van der Waals surface area contributed by atoms with E-state index >= 15 is 0 Å². The van der Waals surface area contributed by atoms with Gasteiger partial charge in [-0.3, -0.25) is 9.59 Å². The summed E-state index contributed by atoms with van der Waals surface area (Å²) in [4.78, 5) is 25.7. The predicted octanol–water partition coefficient (Wildman–Crippen LogP) is 6.31. The highest BCUT2D eigenvalue weighted by Crippen LogP contribution is 2.62. The van der Waals surface area contributed by atoms with Crippen LogP contribution < -0.4 is 0 Å². The Morgan fingerprint density at radius 1 is 0.606 bits per heavy atom. The van der Waals surface area contributed by atoms with E-state index in [1.807, 2.05) is 0 Å². The van der Waals surface area contributed by atoms with Crippen molar-refractivity contribution in [1.29, 1.82) is 0 Å². The summed E-state index contributed by atoms with van der Waals surface area (Å²) in [7, 11) is 0. The van der Waals surface area contributed by atoms with Crippen LogP contribution in [0.15, 0.2) is 0 Å². The van der Waals surface area contributed by atoms with E-state index in [2.05, 4.69) is 0 Å². The third-order valence-electron chi connectivity index (χ3n) is 11.1. The van der Waals surface area contributed by atoms with E-state index in [1.54, 1.807) is 13.8 Å². The summed E-state index contributed by atoms with van der Waals surface area (Å²) in [6.07, 6.45) is 18.5. The lowest BCUT2D eigenvalue weighted by atomic mass is 9.49. The maximum absolute atomic E-state index is 12.9. The van der Waals surface area contributed by atoms with E-state index < -0.39 is 17.4 Å². The van der Waals surface area contributed by atoms with Crippen LogP contribution in [-0.4, -0.2) is 25.2 Å². The summed E-state index contributed by atoms with van der Waals surface area (Å²) in [6.45, 7) is 4.25. The molecule has 184 valence electrons. The third kappa shape index (κ3) is 4.16. The molecule has 0 heterocycles. The molecule has 0 aromatic carbocycles. The van der Waals surface area contributed by atoms with Crippen LogP contribution in [-0.2, 0) is 19.1 Å². The number of rotatable bonds is 8. The minimum absolute atomic E-state index is 0.400. The van der Waals surface area contributed by atoms with E-state index in [0.29, 0.717) is 24.0 Å². The average molecular weight is 457 g/mol. The molecule has 0 aromatic heterocycles. The zero-order valence-electron chi connectivity index (χ0n) is 20.9. The van der Waals surface area contributed by atoms with Gasteiger partial charge in [-0.2, -0.15) is 0 Å². The summed E-state index contributed by atoms with van der Waals surface area (Å²) in [5.41, 5.74) is -0.419. The molecule has 0 saturated heterocycles. The lowest BCUT2D eigenvalue weighted by Crippen LogP contribution is -2.47. The topological polar surface area (TPSA) is 52.6 Å². The number of carbonyl (C=O) groups is 2. The largest absolute Gasteiger partial charge is 0.465 e. The number of esters is 2. The summed E-state index contributed by atoms with van der Waals surface area (Å²) >= 11 is 0. The lowest BCUT2D eigenvalue weighted by molar-refractivity contribution is -0.172. The monoisotopic (exact) mass is 456 g/mol. The van der Waals surface area contributed by atoms with E-state index in [1.165, 1.54) is 77.0 Å². The molecule has 4 nitrogen and oxygen atoms in total. The fourth-order valence-corrected chi connectivity index (χ4v) is 10.4. The Bertz CT molecular complexity index is 661. The van der Waals surface area contributed by atoms with Crippen LogP contribution in [0.5, 0.6) is 0 Å². The number of hydrogen-bond donors (Lipinski definition) is 0. The van der Waals surface area contributed by atoms with Gasteiger partial charge in [-0.25, -0.2) is 0 Å². The maximum atomic E-state index is 12.9. The van der Waals surface area contributed by atoms with Crippen molar-refractivity contribution < 1.29 is 19.1 Å². The van der Waals surface area contributed by atoms with Crippen LogP contribution >= 0.6 is 0 Å². The van der Waals surface area contributed by atoms with Gasteiger partial charge < -0.3 is 9.47 Å². The van der Waals surface area contributed by atoms with Gasteiger partial charge in [-0.05, 0) is 150 Å². The van der Waals surface area contributed by atoms with Gasteiger partial charge in [-0.1, -0.05) is 0 Å². The van der Waals surface area contributed by atoms with Crippen LogP contribution in [0.3, 0.4) is 0 Å². The molecule has 0 radical (unpaired) electrons. The van der Waals surface area contributed by atoms with Crippen molar-refractivity contribution in [2.75, 3.05) is 13.2 Å². The van der Waals surface area contributed by atoms with Gasteiger partial charge in [0.25, 0.3) is 0 Å². The summed E-state index contributed by atoms with van der Waals surface area (Å²) in [5, 5.41) is 0. The highest BCUT2D eigenvalue weighted by atomic mass is 16.6. The normalized spacial score (nSPS) is 44.8. The fraction of sp³-hybridized carbons (Fsp3) is 0.931.